The Bertz CT molecular complexity index is 444. The largest absolute Gasteiger partial charge is 0.264 e. The second-order valence-electron chi connectivity index (χ2n) is 2.42. The minimum atomic E-state index is -4.02. The fourth-order valence-electron chi connectivity index (χ4n) is 0.934. The van der Waals surface area contributed by atoms with Gasteiger partial charge in [0.2, 0.25) is 0 Å². The molecule has 13 heavy (non-hydrogen) atoms. The number of benzene rings is 1. The molecule has 0 unspecified atom stereocenters. The van der Waals surface area contributed by atoms with Crippen molar-refractivity contribution in [2.75, 3.05) is 0 Å². The first-order chi connectivity index (χ1) is 5.84. The lowest BCUT2D eigenvalue weighted by Gasteiger charge is -2.04. The third kappa shape index (κ3) is 2.21. The maximum atomic E-state index is 13.0. The third-order valence-corrected chi connectivity index (χ3v) is 3.85. The summed E-state index contributed by atoms with van der Waals surface area (Å²) in [5, 5.41) is 0. The summed E-state index contributed by atoms with van der Waals surface area (Å²) in [6, 6.07) is 2.47. The zero-order valence-electron chi connectivity index (χ0n) is 6.51. The Balaban J connectivity index is 3.62. The van der Waals surface area contributed by atoms with E-state index in [2.05, 4.69) is 15.9 Å². The molecule has 1 aromatic carbocycles. The number of rotatable bonds is 1. The van der Waals surface area contributed by atoms with E-state index in [0.29, 0.717) is 4.47 Å². The van der Waals surface area contributed by atoms with Crippen LogP contribution in [0, 0.1) is 12.7 Å². The van der Waals surface area contributed by atoms with Crippen LogP contribution >= 0.6 is 26.6 Å². The molecule has 0 saturated heterocycles. The smallest absolute Gasteiger partial charge is 0.207 e. The van der Waals surface area contributed by atoms with Crippen LogP contribution in [0.3, 0.4) is 0 Å². The van der Waals surface area contributed by atoms with Crippen molar-refractivity contribution >= 4 is 35.7 Å². The predicted molar refractivity (Wildman–Crippen MR) is 51.9 cm³/mol. The molecule has 1 rings (SSSR count). The van der Waals surface area contributed by atoms with Crippen LogP contribution in [0.25, 0.3) is 0 Å². The summed E-state index contributed by atoms with van der Waals surface area (Å²) in [6.07, 6.45) is 0. The van der Waals surface area contributed by atoms with Crippen molar-refractivity contribution < 1.29 is 12.8 Å². The SMILES string of the molecule is Cc1c(Br)ccc(F)c1S(=O)(=O)Cl. The first kappa shape index (κ1) is 10.9. The zero-order valence-corrected chi connectivity index (χ0v) is 9.67. The summed E-state index contributed by atoms with van der Waals surface area (Å²) in [5.74, 6) is -0.837. The molecule has 6 heteroatoms. The van der Waals surface area contributed by atoms with E-state index in [1.807, 2.05) is 0 Å². The fraction of sp³-hybridized carbons (Fsp3) is 0.143. The molecule has 0 bridgehead atoms. The van der Waals surface area contributed by atoms with Crippen LogP contribution in [0.4, 0.5) is 4.39 Å². The monoisotopic (exact) mass is 286 g/mol. The van der Waals surface area contributed by atoms with Crippen molar-refractivity contribution in [3.05, 3.63) is 28.0 Å². The maximum Gasteiger partial charge on any atom is 0.264 e. The summed E-state index contributed by atoms with van der Waals surface area (Å²) >= 11 is 3.08. The standard InChI is InChI=1S/C7H5BrClFO2S/c1-4-5(8)2-3-6(10)7(4)13(9,11)12/h2-3H,1H3. The van der Waals surface area contributed by atoms with Gasteiger partial charge in [0.1, 0.15) is 10.7 Å². The highest BCUT2D eigenvalue weighted by Gasteiger charge is 2.20. The lowest BCUT2D eigenvalue weighted by atomic mass is 10.2. The molecule has 1 aromatic rings. The van der Waals surface area contributed by atoms with E-state index in [1.165, 1.54) is 13.0 Å². The molecule has 0 amide bonds. The van der Waals surface area contributed by atoms with E-state index in [-0.39, 0.29) is 5.56 Å². The van der Waals surface area contributed by atoms with Crippen molar-refractivity contribution in [1.82, 2.24) is 0 Å². The Labute approximate surface area is 88.3 Å². The highest BCUT2D eigenvalue weighted by Crippen LogP contribution is 2.28. The first-order valence-corrected chi connectivity index (χ1v) is 6.33. The second-order valence-corrected chi connectivity index (χ2v) is 5.78. The molecule has 0 spiro atoms. The van der Waals surface area contributed by atoms with Gasteiger partial charge in [-0.2, -0.15) is 0 Å². The van der Waals surface area contributed by atoms with E-state index in [4.69, 9.17) is 10.7 Å². The van der Waals surface area contributed by atoms with Crippen molar-refractivity contribution in [1.29, 1.82) is 0 Å². The average Bonchev–Trinajstić information content (AvgIpc) is 1.95. The van der Waals surface area contributed by atoms with Gasteiger partial charge in [0.05, 0.1) is 0 Å². The van der Waals surface area contributed by atoms with E-state index in [1.54, 1.807) is 0 Å². The van der Waals surface area contributed by atoms with Crippen LogP contribution in [-0.2, 0) is 9.05 Å². The van der Waals surface area contributed by atoms with Gasteiger partial charge in [-0.15, -0.1) is 0 Å². The summed E-state index contributed by atoms with van der Waals surface area (Å²) in [6.45, 7) is 1.47. The van der Waals surface area contributed by atoms with Crippen LogP contribution in [0.2, 0.25) is 0 Å². The van der Waals surface area contributed by atoms with E-state index in [0.717, 1.165) is 6.07 Å². The number of hydrogen-bond donors (Lipinski definition) is 0. The number of hydrogen-bond acceptors (Lipinski definition) is 2. The predicted octanol–water partition coefficient (Wildman–Crippen LogP) is 2.82. The minimum absolute atomic E-state index is 0.273. The zero-order chi connectivity index (χ0) is 10.2. The minimum Gasteiger partial charge on any atom is -0.207 e. The molecule has 0 atom stereocenters. The summed E-state index contributed by atoms with van der Waals surface area (Å²) in [4.78, 5) is -0.469. The van der Waals surface area contributed by atoms with E-state index >= 15 is 0 Å². The van der Waals surface area contributed by atoms with Gasteiger partial charge < -0.3 is 0 Å². The van der Waals surface area contributed by atoms with Gasteiger partial charge in [-0.1, -0.05) is 15.9 Å². The molecule has 0 aliphatic carbocycles. The van der Waals surface area contributed by atoms with Crippen LogP contribution in [-0.4, -0.2) is 8.42 Å². The summed E-state index contributed by atoms with van der Waals surface area (Å²) in [7, 11) is 1.03. The molecule has 2 nitrogen and oxygen atoms in total. The fourth-order valence-corrected chi connectivity index (χ4v) is 2.74. The van der Waals surface area contributed by atoms with Crippen LogP contribution in [0.5, 0.6) is 0 Å². The molecule has 0 aliphatic rings. The average molecular weight is 288 g/mol. The first-order valence-electron chi connectivity index (χ1n) is 3.23. The molecule has 0 heterocycles. The Morgan fingerprint density at radius 2 is 2.00 bits per heavy atom. The highest BCUT2D eigenvalue weighted by molar-refractivity contribution is 9.10. The molecule has 0 aliphatic heterocycles. The highest BCUT2D eigenvalue weighted by atomic mass is 79.9. The van der Waals surface area contributed by atoms with E-state index < -0.39 is 19.8 Å². The second kappa shape index (κ2) is 3.55. The van der Waals surface area contributed by atoms with Gasteiger partial charge in [0, 0.05) is 15.2 Å². The van der Waals surface area contributed by atoms with Crippen LogP contribution in [0.15, 0.2) is 21.5 Å². The molecule has 0 fully saturated rings. The lowest BCUT2D eigenvalue weighted by molar-refractivity contribution is 0.572. The Kier molecular flexibility index (Phi) is 2.99. The quantitative estimate of drug-likeness (QED) is 0.744. The topological polar surface area (TPSA) is 34.1 Å². The molecular formula is C7H5BrClFO2S. The molecular weight excluding hydrogens is 282 g/mol. The van der Waals surface area contributed by atoms with Gasteiger partial charge >= 0.3 is 0 Å². The Hall–Kier alpha value is -0.130. The lowest BCUT2D eigenvalue weighted by Crippen LogP contribution is -1.99. The van der Waals surface area contributed by atoms with Gasteiger partial charge in [0.25, 0.3) is 9.05 Å². The molecule has 72 valence electrons. The van der Waals surface area contributed by atoms with Gasteiger partial charge in [-0.25, -0.2) is 12.8 Å². The van der Waals surface area contributed by atoms with E-state index in [9.17, 15) is 12.8 Å². The van der Waals surface area contributed by atoms with Crippen molar-refractivity contribution in [2.24, 2.45) is 0 Å². The van der Waals surface area contributed by atoms with Gasteiger partial charge in [-0.3, -0.25) is 0 Å². The van der Waals surface area contributed by atoms with Crippen molar-refractivity contribution in [2.45, 2.75) is 11.8 Å². The number of halogens is 3. The molecule has 0 saturated carbocycles. The molecule has 0 radical (unpaired) electrons. The Morgan fingerprint density at radius 1 is 1.46 bits per heavy atom. The normalized spacial score (nSPS) is 11.7. The summed E-state index contributed by atoms with van der Waals surface area (Å²) in [5.41, 5.74) is 0.273. The van der Waals surface area contributed by atoms with Crippen LogP contribution < -0.4 is 0 Å². The van der Waals surface area contributed by atoms with Gasteiger partial charge in [0.15, 0.2) is 0 Å². The van der Waals surface area contributed by atoms with Crippen molar-refractivity contribution in [3.8, 4) is 0 Å². The van der Waals surface area contributed by atoms with Crippen LogP contribution in [0.1, 0.15) is 5.56 Å². The summed E-state index contributed by atoms with van der Waals surface area (Å²) < 4.78 is 35.4. The van der Waals surface area contributed by atoms with Crippen molar-refractivity contribution in [3.63, 3.8) is 0 Å². The third-order valence-electron chi connectivity index (χ3n) is 1.54. The Morgan fingerprint density at radius 3 is 2.38 bits per heavy atom. The molecule has 0 N–H and O–H groups in total. The maximum absolute atomic E-state index is 13.0. The van der Waals surface area contributed by atoms with Gasteiger partial charge in [-0.05, 0) is 24.6 Å². The molecule has 0 aromatic heterocycles.